The standard InChI is InChI=1S/C24H26ClN3O4S2/c1-4-11-28-22-16(2)13-18(25)14-21(22)33-24(28)26-23(29)17-7-9-20(10-8-17)34(30,31)27(3)15-19-6-5-12-32-19/h4,7-10,13-14,19H,1,5-6,11-12,15H2,2-3H3. The number of thiazole rings is 1. The van der Waals surface area contributed by atoms with Gasteiger partial charge in [-0.25, -0.2) is 8.42 Å². The number of fused-ring (bicyclic) bond motifs is 1. The highest BCUT2D eigenvalue weighted by Crippen LogP contribution is 2.26. The SMILES string of the molecule is C=CCn1c(=NC(=O)c2ccc(S(=O)(=O)N(C)CC3CCCO3)cc2)sc2cc(Cl)cc(C)c21. The topological polar surface area (TPSA) is 81.0 Å². The number of carbonyl (C=O) groups is 1. The molecule has 0 N–H and O–H groups in total. The Labute approximate surface area is 208 Å². The number of ether oxygens (including phenoxy) is 1. The van der Waals surface area contributed by atoms with Crippen LogP contribution in [0.5, 0.6) is 0 Å². The average Bonchev–Trinajstić information content (AvgIpc) is 3.42. The molecule has 0 aliphatic carbocycles. The van der Waals surface area contributed by atoms with Gasteiger partial charge in [0.2, 0.25) is 10.0 Å². The molecule has 0 radical (unpaired) electrons. The Morgan fingerprint density at radius 1 is 1.35 bits per heavy atom. The van der Waals surface area contributed by atoms with Crippen LogP contribution in [0.4, 0.5) is 0 Å². The number of hydrogen-bond donors (Lipinski definition) is 0. The number of allylic oxidation sites excluding steroid dienone is 1. The normalized spacial score (nSPS) is 17.1. The molecule has 7 nitrogen and oxygen atoms in total. The van der Waals surface area contributed by atoms with Crippen LogP contribution in [-0.4, -0.2) is 49.5 Å². The largest absolute Gasteiger partial charge is 0.377 e. The van der Waals surface area contributed by atoms with Gasteiger partial charge in [-0.05, 0) is 61.7 Å². The molecule has 0 spiro atoms. The first-order valence-corrected chi connectivity index (χ1v) is 13.5. The van der Waals surface area contributed by atoms with E-state index in [1.165, 1.54) is 39.9 Å². The highest BCUT2D eigenvalue weighted by atomic mass is 35.5. The molecule has 2 aromatic carbocycles. The summed E-state index contributed by atoms with van der Waals surface area (Å²) >= 11 is 7.58. The number of amides is 1. The minimum atomic E-state index is -3.68. The van der Waals surface area contributed by atoms with Crippen LogP contribution >= 0.6 is 22.9 Å². The van der Waals surface area contributed by atoms with E-state index in [2.05, 4.69) is 11.6 Å². The third kappa shape index (κ3) is 5.04. The predicted octanol–water partition coefficient (Wildman–Crippen LogP) is 4.39. The predicted molar refractivity (Wildman–Crippen MR) is 135 cm³/mol. The summed E-state index contributed by atoms with van der Waals surface area (Å²) in [7, 11) is -2.14. The van der Waals surface area contributed by atoms with E-state index in [-0.39, 0.29) is 11.0 Å². The number of carbonyl (C=O) groups excluding carboxylic acids is 1. The van der Waals surface area contributed by atoms with Crippen LogP contribution in [0.1, 0.15) is 28.8 Å². The lowest BCUT2D eigenvalue weighted by Gasteiger charge is -2.20. The van der Waals surface area contributed by atoms with Gasteiger partial charge in [0, 0.05) is 37.3 Å². The molecule has 1 amide bonds. The number of aryl methyl sites for hydroxylation is 1. The van der Waals surface area contributed by atoms with Crippen LogP contribution in [0.3, 0.4) is 0 Å². The number of rotatable bonds is 7. The van der Waals surface area contributed by atoms with E-state index < -0.39 is 15.9 Å². The summed E-state index contributed by atoms with van der Waals surface area (Å²) in [5.74, 6) is -0.454. The van der Waals surface area contributed by atoms with E-state index in [0.29, 0.717) is 35.1 Å². The van der Waals surface area contributed by atoms with Crippen molar-refractivity contribution in [3.05, 3.63) is 70.0 Å². The zero-order chi connectivity index (χ0) is 24.5. The fourth-order valence-electron chi connectivity index (χ4n) is 4.03. The minimum Gasteiger partial charge on any atom is -0.377 e. The van der Waals surface area contributed by atoms with Crippen LogP contribution in [0.15, 0.2) is 58.9 Å². The second-order valence-electron chi connectivity index (χ2n) is 8.22. The van der Waals surface area contributed by atoms with Gasteiger partial charge in [0.15, 0.2) is 4.80 Å². The molecule has 4 rings (SSSR count). The van der Waals surface area contributed by atoms with E-state index in [4.69, 9.17) is 16.3 Å². The molecule has 1 saturated heterocycles. The van der Waals surface area contributed by atoms with Gasteiger partial charge in [0.1, 0.15) is 0 Å². The van der Waals surface area contributed by atoms with Crippen molar-refractivity contribution in [1.29, 1.82) is 0 Å². The second-order valence-corrected chi connectivity index (χ2v) is 11.7. The Balaban J connectivity index is 1.62. The van der Waals surface area contributed by atoms with Crippen LogP contribution in [0.2, 0.25) is 5.02 Å². The Morgan fingerprint density at radius 3 is 2.74 bits per heavy atom. The summed E-state index contributed by atoms with van der Waals surface area (Å²) in [4.78, 5) is 17.9. The van der Waals surface area contributed by atoms with Gasteiger partial charge in [0.25, 0.3) is 5.91 Å². The monoisotopic (exact) mass is 519 g/mol. The molecule has 1 aliphatic rings. The summed E-state index contributed by atoms with van der Waals surface area (Å²) in [6, 6.07) is 9.59. The molecule has 2 heterocycles. The second kappa shape index (κ2) is 10.1. The van der Waals surface area contributed by atoms with Crippen molar-refractivity contribution in [2.75, 3.05) is 20.2 Å². The third-order valence-electron chi connectivity index (χ3n) is 5.74. The van der Waals surface area contributed by atoms with Gasteiger partial charge in [-0.3, -0.25) is 4.79 Å². The summed E-state index contributed by atoms with van der Waals surface area (Å²) in [5.41, 5.74) is 2.24. The van der Waals surface area contributed by atoms with E-state index in [1.807, 2.05) is 23.6 Å². The Hall–Kier alpha value is -2.30. The average molecular weight is 520 g/mol. The molecule has 180 valence electrons. The molecule has 1 aliphatic heterocycles. The third-order valence-corrected chi connectivity index (χ3v) is 8.82. The zero-order valence-electron chi connectivity index (χ0n) is 19.0. The highest BCUT2D eigenvalue weighted by molar-refractivity contribution is 7.89. The number of aromatic nitrogens is 1. The highest BCUT2D eigenvalue weighted by Gasteiger charge is 2.26. The van der Waals surface area contributed by atoms with Crippen molar-refractivity contribution in [3.63, 3.8) is 0 Å². The quantitative estimate of drug-likeness (QED) is 0.433. The van der Waals surface area contributed by atoms with Gasteiger partial charge < -0.3 is 9.30 Å². The van der Waals surface area contributed by atoms with Gasteiger partial charge in [0.05, 0.1) is 21.2 Å². The number of nitrogens with zero attached hydrogens (tertiary/aromatic N) is 3. The van der Waals surface area contributed by atoms with Crippen molar-refractivity contribution in [2.24, 2.45) is 4.99 Å². The smallest absolute Gasteiger partial charge is 0.279 e. The van der Waals surface area contributed by atoms with Gasteiger partial charge >= 0.3 is 0 Å². The summed E-state index contributed by atoms with van der Waals surface area (Å²) < 4.78 is 35.5. The maximum absolute atomic E-state index is 12.9. The number of likely N-dealkylation sites (N-methyl/N-ethyl adjacent to an activating group) is 1. The Bertz CT molecular complexity index is 1400. The first-order chi connectivity index (χ1) is 16.2. The lowest BCUT2D eigenvalue weighted by molar-refractivity contribution is 0.0979. The van der Waals surface area contributed by atoms with Crippen LogP contribution in [0, 0.1) is 6.92 Å². The van der Waals surface area contributed by atoms with Crippen molar-refractivity contribution in [1.82, 2.24) is 8.87 Å². The van der Waals surface area contributed by atoms with E-state index >= 15 is 0 Å². The van der Waals surface area contributed by atoms with E-state index in [9.17, 15) is 13.2 Å². The van der Waals surface area contributed by atoms with Crippen molar-refractivity contribution in [3.8, 4) is 0 Å². The fraction of sp³-hybridized carbons (Fsp3) is 0.333. The fourth-order valence-corrected chi connectivity index (χ4v) is 6.73. The molecule has 1 unspecified atom stereocenters. The minimum absolute atomic E-state index is 0.0819. The first-order valence-electron chi connectivity index (χ1n) is 10.9. The molecule has 0 saturated carbocycles. The van der Waals surface area contributed by atoms with Crippen LogP contribution < -0.4 is 4.80 Å². The number of hydrogen-bond acceptors (Lipinski definition) is 5. The molecular weight excluding hydrogens is 494 g/mol. The van der Waals surface area contributed by atoms with Gasteiger partial charge in [-0.1, -0.05) is 29.0 Å². The van der Waals surface area contributed by atoms with E-state index in [0.717, 1.165) is 28.6 Å². The zero-order valence-corrected chi connectivity index (χ0v) is 21.4. The van der Waals surface area contributed by atoms with Crippen LogP contribution in [0.25, 0.3) is 10.2 Å². The number of benzene rings is 2. The van der Waals surface area contributed by atoms with Crippen molar-refractivity contribution >= 4 is 49.1 Å². The molecule has 0 bridgehead atoms. The van der Waals surface area contributed by atoms with Crippen molar-refractivity contribution in [2.45, 2.75) is 37.3 Å². The molecule has 10 heteroatoms. The van der Waals surface area contributed by atoms with Crippen molar-refractivity contribution < 1.29 is 17.9 Å². The molecule has 1 aromatic heterocycles. The Morgan fingerprint density at radius 2 is 2.09 bits per heavy atom. The lowest BCUT2D eigenvalue weighted by atomic mass is 10.2. The summed E-state index contributed by atoms with van der Waals surface area (Å²) in [5, 5.41) is 0.621. The molecule has 34 heavy (non-hydrogen) atoms. The molecule has 1 fully saturated rings. The molecule has 3 aromatic rings. The maximum atomic E-state index is 12.9. The first kappa shape index (κ1) is 24.8. The van der Waals surface area contributed by atoms with Crippen LogP contribution in [-0.2, 0) is 21.3 Å². The number of sulfonamides is 1. The van der Waals surface area contributed by atoms with Gasteiger partial charge in [-0.2, -0.15) is 9.30 Å². The van der Waals surface area contributed by atoms with E-state index in [1.54, 1.807) is 13.1 Å². The lowest BCUT2D eigenvalue weighted by Crippen LogP contribution is -2.34. The number of halogens is 1. The summed E-state index contributed by atoms with van der Waals surface area (Å²) in [6.45, 7) is 7.23. The molecular formula is C24H26ClN3O4S2. The Kier molecular flexibility index (Phi) is 7.39. The van der Waals surface area contributed by atoms with Gasteiger partial charge in [-0.15, -0.1) is 6.58 Å². The summed E-state index contributed by atoms with van der Waals surface area (Å²) in [6.07, 6.45) is 3.46. The molecule has 1 atom stereocenters. The maximum Gasteiger partial charge on any atom is 0.279 e.